The third-order valence-corrected chi connectivity index (χ3v) is 1.69. The number of aromatic amines is 1. The number of aromatic nitrogens is 1. The zero-order valence-electron chi connectivity index (χ0n) is 8.08. The second-order valence-corrected chi connectivity index (χ2v) is 3.04. The number of hydrogen-bond donors (Lipinski definition) is 1. The van der Waals surface area contributed by atoms with E-state index in [0.29, 0.717) is 13.0 Å². The van der Waals surface area contributed by atoms with Crippen LogP contribution in [-0.4, -0.2) is 23.3 Å². The quantitative estimate of drug-likeness (QED) is 0.565. The van der Waals surface area contributed by atoms with Gasteiger partial charge in [-0.1, -0.05) is 0 Å². The number of hydrogen-bond acceptors (Lipinski definition) is 3. The molecule has 4 heteroatoms. The van der Waals surface area contributed by atoms with Gasteiger partial charge in [0.2, 0.25) is 0 Å². The molecule has 1 aromatic heterocycles. The highest BCUT2D eigenvalue weighted by atomic mass is 16.5. The molecule has 0 bridgehead atoms. The van der Waals surface area contributed by atoms with E-state index in [0.717, 1.165) is 5.69 Å². The van der Waals surface area contributed by atoms with Crippen LogP contribution in [0.4, 0.5) is 0 Å². The molecule has 1 heterocycles. The number of nitrogens with one attached hydrogen (secondary N) is 1. The number of carbonyl (C=O) groups is 2. The van der Waals surface area contributed by atoms with Gasteiger partial charge in [0.1, 0.15) is 12.2 Å². The zero-order chi connectivity index (χ0) is 10.4. The van der Waals surface area contributed by atoms with Gasteiger partial charge in [-0.2, -0.15) is 0 Å². The van der Waals surface area contributed by atoms with Gasteiger partial charge in [-0.3, -0.25) is 9.59 Å². The highest BCUT2D eigenvalue weighted by Crippen LogP contribution is 1.97. The molecule has 0 saturated heterocycles. The molecule has 4 nitrogen and oxygen atoms in total. The van der Waals surface area contributed by atoms with Crippen molar-refractivity contribution in [2.75, 3.05) is 6.61 Å². The normalized spacial score (nSPS) is 9.79. The van der Waals surface area contributed by atoms with Crippen LogP contribution in [0.15, 0.2) is 18.3 Å². The summed E-state index contributed by atoms with van der Waals surface area (Å²) in [7, 11) is 0. The molecular formula is C10H13NO3. The maximum absolute atomic E-state index is 10.9. The van der Waals surface area contributed by atoms with Crippen LogP contribution in [0.25, 0.3) is 0 Å². The van der Waals surface area contributed by atoms with E-state index in [-0.39, 0.29) is 12.2 Å². The van der Waals surface area contributed by atoms with Crippen molar-refractivity contribution in [3.8, 4) is 0 Å². The SMILES string of the molecule is CC(=O)CC(=O)OCCc1ccc[nH]1. The minimum atomic E-state index is -0.455. The van der Waals surface area contributed by atoms with E-state index in [2.05, 4.69) is 4.98 Å². The van der Waals surface area contributed by atoms with Crippen LogP contribution in [-0.2, 0) is 20.7 Å². The van der Waals surface area contributed by atoms with E-state index >= 15 is 0 Å². The van der Waals surface area contributed by atoms with Crippen molar-refractivity contribution in [3.05, 3.63) is 24.0 Å². The van der Waals surface area contributed by atoms with Crippen LogP contribution >= 0.6 is 0 Å². The first-order valence-electron chi connectivity index (χ1n) is 4.46. The van der Waals surface area contributed by atoms with Gasteiger partial charge < -0.3 is 9.72 Å². The second kappa shape index (κ2) is 5.21. The maximum atomic E-state index is 10.9. The molecular weight excluding hydrogens is 182 g/mol. The summed E-state index contributed by atoms with van der Waals surface area (Å²) in [6, 6.07) is 3.80. The highest BCUT2D eigenvalue weighted by Gasteiger charge is 2.05. The van der Waals surface area contributed by atoms with Crippen LogP contribution in [0.2, 0.25) is 0 Å². The Bertz CT molecular complexity index is 303. The fourth-order valence-corrected chi connectivity index (χ4v) is 1.05. The van der Waals surface area contributed by atoms with Gasteiger partial charge in [-0.15, -0.1) is 0 Å². The summed E-state index contributed by atoms with van der Waals surface area (Å²) >= 11 is 0. The molecule has 1 rings (SSSR count). The molecule has 0 saturated carbocycles. The molecule has 76 valence electrons. The number of ketones is 1. The minimum Gasteiger partial charge on any atom is -0.465 e. The lowest BCUT2D eigenvalue weighted by Gasteiger charge is -2.01. The molecule has 0 radical (unpaired) electrons. The molecule has 0 aliphatic carbocycles. The molecule has 0 aliphatic rings. The summed E-state index contributed by atoms with van der Waals surface area (Å²) in [6.45, 7) is 1.68. The van der Waals surface area contributed by atoms with Crippen molar-refractivity contribution in [3.63, 3.8) is 0 Å². The fourth-order valence-electron chi connectivity index (χ4n) is 1.05. The molecule has 0 aliphatic heterocycles. The van der Waals surface area contributed by atoms with E-state index in [9.17, 15) is 9.59 Å². The molecule has 14 heavy (non-hydrogen) atoms. The van der Waals surface area contributed by atoms with Crippen LogP contribution in [0.5, 0.6) is 0 Å². The number of rotatable bonds is 5. The zero-order valence-corrected chi connectivity index (χ0v) is 8.08. The van der Waals surface area contributed by atoms with E-state index in [4.69, 9.17) is 4.74 Å². The van der Waals surface area contributed by atoms with Crippen molar-refractivity contribution in [1.29, 1.82) is 0 Å². The average Bonchev–Trinajstić information content (AvgIpc) is 2.55. The monoisotopic (exact) mass is 195 g/mol. The third kappa shape index (κ3) is 3.89. The Hall–Kier alpha value is -1.58. The van der Waals surface area contributed by atoms with Gasteiger partial charge in [0, 0.05) is 18.3 Å². The molecule has 0 aromatic carbocycles. The summed E-state index contributed by atoms with van der Waals surface area (Å²) in [4.78, 5) is 24.5. The third-order valence-electron chi connectivity index (χ3n) is 1.69. The van der Waals surface area contributed by atoms with Crippen LogP contribution in [0.3, 0.4) is 0 Å². The van der Waals surface area contributed by atoms with Crippen molar-refractivity contribution in [2.45, 2.75) is 19.8 Å². The standard InChI is InChI=1S/C10H13NO3/c1-8(12)7-10(13)14-6-4-9-3-2-5-11-9/h2-3,5,11H,4,6-7H2,1H3. The topological polar surface area (TPSA) is 59.2 Å². The van der Waals surface area contributed by atoms with Crippen LogP contribution in [0.1, 0.15) is 19.0 Å². The Morgan fingerprint density at radius 3 is 2.86 bits per heavy atom. The van der Waals surface area contributed by atoms with Crippen molar-refractivity contribution < 1.29 is 14.3 Å². The predicted molar refractivity (Wildman–Crippen MR) is 50.8 cm³/mol. The van der Waals surface area contributed by atoms with Gasteiger partial charge in [0.05, 0.1) is 6.61 Å². The Kier molecular flexibility index (Phi) is 3.91. The number of H-pyrrole nitrogens is 1. The molecule has 0 spiro atoms. The summed E-state index contributed by atoms with van der Waals surface area (Å²) in [6.07, 6.45) is 2.33. The molecule has 0 amide bonds. The molecule has 1 N–H and O–H groups in total. The van der Waals surface area contributed by atoms with Crippen molar-refractivity contribution in [2.24, 2.45) is 0 Å². The summed E-state index contributed by atoms with van der Waals surface area (Å²) in [5.41, 5.74) is 1.01. The van der Waals surface area contributed by atoms with Gasteiger partial charge in [-0.05, 0) is 19.1 Å². The number of ether oxygens (including phenoxy) is 1. The van der Waals surface area contributed by atoms with E-state index < -0.39 is 5.97 Å². The van der Waals surface area contributed by atoms with Gasteiger partial charge in [-0.25, -0.2) is 0 Å². The lowest BCUT2D eigenvalue weighted by molar-refractivity contribution is -0.145. The largest absolute Gasteiger partial charge is 0.465 e. The molecule has 1 aromatic rings. The molecule has 0 atom stereocenters. The number of carbonyl (C=O) groups excluding carboxylic acids is 2. The summed E-state index contributed by atoms with van der Waals surface area (Å²) in [5, 5.41) is 0. The van der Waals surface area contributed by atoms with Gasteiger partial charge in [0.25, 0.3) is 0 Å². The predicted octanol–water partition coefficient (Wildman–Crippen LogP) is 1.08. The smallest absolute Gasteiger partial charge is 0.313 e. The molecule has 0 fully saturated rings. The highest BCUT2D eigenvalue weighted by molar-refractivity contribution is 5.94. The Balaban J connectivity index is 2.15. The van der Waals surface area contributed by atoms with Crippen LogP contribution < -0.4 is 0 Å². The van der Waals surface area contributed by atoms with Gasteiger partial charge in [0.15, 0.2) is 0 Å². The Morgan fingerprint density at radius 2 is 2.29 bits per heavy atom. The first kappa shape index (κ1) is 10.5. The number of esters is 1. The first-order valence-corrected chi connectivity index (χ1v) is 4.46. The molecule has 0 unspecified atom stereocenters. The van der Waals surface area contributed by atoms with Crippen molar-refractivity contribution >= 4 is 11.8 Å². The Morgan fingerprint density at radius 1 is 1.50 bits per heavy atom. The van der Waals surface area contributed by atoms with E-state index in [1.165, 1.54) is 6.92 Å². The van der Waals surface area contributed by atoms with Gasteiger partial charge >= 0.3 is 5.97 Å². The Labute approximate surface area is 82.3 Å². The van der Waals surface area contributed by atoms with Crippen molar-refractivity contribution in [1.82, 2.24) is 4.98 Å². The summed E-state index contributed by atoms with van der Waals surface area (Å²) in [5.74, 6) is -0.626. The first-order chi connectivity index (χ1) is 6.68. The fraction of sp³-hybridized carbons (Fsp3) is 0.400. The lowest BCUT2D eigenvalue weighted by Crippen LogP contribution is -2.11. The van der Waals surface area contributed by atoms with E-state index in [1.807, 2.05) is 18.3 Å². The maximum Gasteiger partial charge on any atom is 0.313 e. The lowest BCUT2D eigenvalue weighted by atomic mass is 10.3. The summed E-state index contributed by atoms with van der Waals surface area (Å²) < 4.78 is 4.85. The second-order valence-electron chi connectivity index (χ2n) is 3.04. The number of Topliss-reactive ketones (excluding diaryl/α,β-unsaturated/α-hetero) is 1. The van der Waals surface area contributed by atoms with Crippen LogP contribution in [0, 0.1) is 0 Å². The minimum absolute atomic E-state index is 0.134. The van der Waals surface area contributed by atoms with E-state index in [1.54, 1.807) is 0 Å². The average molecular weight is 195 g/mol.